The van der Waals surface area contributed by atoms with Crippen molar-refractivity contribution in [3.05, 3.63) is 22.4 Å². The van der Waals surface area contributed by atoms with Crippen LogP contribution in [0, 0.1) is 0 Å². The molecule has 0 aliphatic carbocycles. The summed E-state index contributed by atoms with van der Waals surface area (Å²) in [7, 11) is 0. The smallest absolute Gasteiger partial charge is 0.445 e. The van der Waals surface area contributed by atoms with Gasteiger partial charge in [-0.1, -0.05) is 11.5 Å². The standard InChI is InChI=1S/C6H2BBrF6N/c8-5-4(6(9,10)11)3(1-2-15-5)7(12,13)14/h1-2H/q-1. The maximum Gasteiger partial charge on any atom is 0.510 e. The summed E-state index contributed by atoms with van der Waals surface area (Å²) < 4.78 is 72.8. The van der Waals surface area contributed by atoms with E-state index in [0.29, 0.717) is 12.3 Å². The van der Waals surface area contributed by atoms with Crippen molar-refractivity contribution in [2.75, 3.05) is 0 Å². The van der Waals surface area contributed by atoms with E-state index >= 15 is 0 Å². The highest BCUT2D eigenvalue weighted by Crippen LogP contribution is 2.34. The molecule has 1 nitrogen and oxygen atoms in total. The second-order valence-corrected chi connectivity index (χ2v) is 3.39. The molecule has 15 heavy (non-hydrogen) atoms. The van der Waals surface area contributed by atoms with Crippen LogP contribution in [-0.4, -0.2) is 12.0 Å². The van der Waals surface area contributed by atoms with Crippen LogP contribution in [0.15, 0.2) is 16.9 Å². The summed E-state index contributed by atoms with van der Waals surface area (Å²) in [5.74, 6) is 0. The van der Waals surface area contributed by atoms with Gasteiger partial charge in [0.25, 0.3) is 0 Å². The highest BCUT2D eigenvalue weighted by Gasteiger charge is 2.41. The Morgan fingerprint density at radius 2 is 1.73 bits per heavy atom. The van der Waals surface area contributed by atoms with E-state index in [1.165, 1.54) is 0 Å². The summed E-state index contributed by atoms with van der Waals surface area (Å²) in [5, 5.41) is 0. The van der Waals surface area contributed by atoms with Crippen molar-refractivity contribution >= 4 is 28.4 Å². The number of aromatic nitrogens is 1. The van der Waals surface area contributed by atoms with Gasteiger partial charge < -0.3 is 12.9 Å². The van der Waals surface area contributed by atoms with Gasteiger partial charge in [-0.2, -0.15) is 13.2 Å². The lowest BCUT2D eigenvalue weighted by Crippen LogP contribution is -2.40. The van der Waals surface area contributed by atoms with E-state index < -0.39 is 28.8 Å². The van der Waals surface area contributed by atoms with E-state index in [1.807, 2.05) is 0 Å². The second kappa shape index (κ2) is 3.69. The molecule has 0 unspecified atom stereocenters. The molecule has 0 aliphatic rings. The van der Waals surface area contributed by atoms with Crippen LogP contribution in [0.4, 0.5) is 26.1 Å². The van der Waals surface area contributed by atoms with Gasteiger partial charge in [-0.05, 0) is 15.9 Å². The van der Waals surface area contributed by atoms with Crippen LogP contribution in [0.3, 0.4) is 0 Å². The lowest BCUT2D eigenvalue weighted by molar-refractivity contribution is -0.137. The Morgan fingerprint density at radius 3 is 2.07 bits per heavy atom. The summed E-state index contributed by atoms with van der Waals surface area (Å²) >= 11 is 2.35. The second-order valence-electron chi connectivity index (χ2n) is 2.64. The Balaban J connectivity index is 3.48. The number of pyridine rings is 1. The third-order valence-corrected chi connectivity index (χ3v) is 2.17. The number of halogens is 7. The summed E-state index contributed by atoms with van der Waals surface area (Å²) in [4.78, 5) is 3.13. The molecule has 0 spiro atoms. The number of hydrogen-bond acceptors (Lipinski definition) is 1. The van der Waals surface area contributed by atoms with Crippen molar-refractivity contribution in [3.8, 4) is 0 Å². The highest BCUT2D eigenvalue weighted by molar-refractivity contribution is 9.10. The first-order valence-corrected chi connectivity index (χ1v) is 4.35. The SMILES string of the molecule is F[B-](F)(F)c1ccnc(Br)c1C(F)(F)F. The van der Waals surface area contributed by atoms with Crippen molar-refractivity contribution in [1.82, 2.24) is 4.98 Å². The molecule has 1 rings (SSSR count). The summed E-state index contributed by atoms with van der Waals surface area (Å²) in [5.41, 5.74) is -3.47. The van der Waals surface area contributed by atoms with Crippen LogP contribution in [0.2, 0.25) is 0 Å². The molecule has 84 valence electrons. The Labute approximate surface area is 88.7 Å². The van der Waals surface area contributed by atoms with E-state index in [-0.39, 0.29) is 0 Å². The minimum absolute atomic E-state index is 0.313. The summed E-state index contributed by atoms with van der Waals surface area (Å²) in [6.07, 6.45) is -4.41. The fourth-order valence-corrected chi connectivity index (χ4v) is 1.58. The molecule has 0 aromatic carbocycles. The predicted octanol–water partition coefficient (Wildman–Crippen LogP) is 2.92. The number of rotatable bonds is 1. The predicted molar refractivity (Wildman–Crippen MR) is 45.7 cm³/mol. The number of alkyl halides is 3. The van der Waals surface area contributed by atoms with Crippen molar-refractivity contribution < 1.29 is 26.1 Å². The number of hydrogen-bond donors (Lipinski definition) is 0. The molecule has 0 saturated carbocycles. The minimum Gasteiger partial charge on any atom is -0.445 e. The molecular weight excluding hydrogens is 291 g/mol. The molecule has 1 heterocycles. The Morgan fingerprint density at radius 1 is 1.20 bits per heavy atom. The maximum atomic E-state index is 12.3. The molecule has 1 aromatic rings. The molecule has 0 saturated heterocycles. The van der Waals surface area contributed by atoms with Gasteiger partial charge in [0.1, 0.15) is 4.60 Å². The van der Waals surface area contributed by atoms with Crippen molar-refractivity contribution in [1.29, 1.82) is 0 Å². The fraction of sp³-hybridized carbons (Fsp3) is 0.167. The summed E-state index contributed by atoms with van der Waals surface area (Å²) in [6, 6.07) is 0.313. The highest BCUT2D eigenvalue weighted by atomic mass is 79.9. The molecule has 0 amide bonds. The molecule has 0 aliphatic heterocycles. The first kappa shape index (κ1) is 12.3. The topological polar surface area (TPSA) is 12.9 Å². The molecule has 0 radical (unpaired) electrons. The minimum atomic E-state index is -5.71. The Kier molecular flexibility index (Phi) is 3.04. The average Bonchev–Trinajstić information content (AvgIpc) is 1.99. The van der Waals surface area contributed by atoms with Crippen molar-refractivity contribution in [2.24, 2.45) is 0 Å². The van der Waals surface area contributed by atoms with Gasteiger partial charge >= 0.3 is 13.2 Å². The van der Waals surface area contributed by atoms with Gasteiger partial charge in [0.15, 0.2) is 0 Å². The molecule has 0 atom stereocenters. The Hall–Kier alpha value is -0.725. The van der Waals surface area contributed by atoms with E-state index in [2.05, 4.69) is 20.9 Å². The van der Waals surface area contributed by atoms with Gasteiger partial charge in [-0.3, -0.25) is 0 Å². The van der Waals surface area contributed by atoms with Gasteiger partial charge in [0.05, 0.1) is 5.56 Å². The third-order valence-electron chi connectivity index (χ3n) is 1.57. The number of nitrogens with zero attached hydrogens (tertiary/aromatic N) is 1. The van der Waals surface area contributed by atoms with Gasteiger partial charge in [-0.25, -0.2) is 4.98 Å². The van der Waals surface area contributed by atoms with Crippen LogP contribution >= 0.6 is 15.9 Å². The molecule has 0 fully saturated rings. The van der Waals surface area contributed by atoms with Crippen LogP contribution in [-0.2, 0) is 6.18 Å². The van der Waals surface area contributed by atoms with Gasteiger partial charge in [-0.15, -0.1) is 0 Å². The van der Waals surface area contributed by atoms with Crippen LogP contribution in [0.25, 0.3) is 0 Å². The molecule has 9 heteroatoms. The zero-order valence-corrected chi connectivity index (χ0v) is 8.41. The van der Waals surface area contributed by atoms with Crippen LogP contribution in [0.5, 0.6) is 0 Å². The lowest BCUT2D eigenvalue weighted by Gasteiger charge is -2.21. The Bertz CT molecular complexity index is 373. The quantitative estimate of drug-likeness (QED) is 0.441. The molecule has 0 bridgehead atoms. The lowest BCUT2D eigenvalue weighted by atomic mass is 9.77. The average molecular weight is 293 g/mol. The van der Waals surface area contributed by atoms with Crippen LogP contribution in [0.1, 0.15) is 5.56 Å². The monoisotopic (exact) mass is 292 g/mol. The first-order valence-electron chi connectivity index (χ1n) is 3.55. The van der Waals surface area contributed by atoms with Crippen molar-refractivity contribution in [2.45, 2.75) is 6.18 Å². The van der Waals surface area contributed by atoms with Gasteiger partial charge in [0, 0.05) is 6.20 Å². The van der Waals surface area contributed by atoms with E-state index in [9.17, 15) is 26.1 Å². The van der Waals surface area contributed by atoms with E-state index in [0.717, 1.165) is 0 Å². The van der Waals surface area contributed by atoms with Crippen molar-refractivity contribution in [3.63, 3.8) is 0 Å². The molecule has 0 N–H and O–H groups in total. The molecular formula is C6H2BBrF6N-. The maximum absolute atomic E-state index is 12.3. The zero-order valence-electron chi connectivity index (χ0n) is 6.83. The first-order chi connectivity index (χ1) is 6.64. The molecule has 1 aromatic heterocycles. The van der Waals surface area contributed by atoms with Gasteiger partial charge in [0.2, 0.25) is 0 Å². The zero-order chi connectivity index (χ0) is 11.9. The van der Waals surface area contributed by atoms with E-state index in [1.54, 1.807) is 0 Å². The largest absolute Gasteiger partial charge is 0.510 e. The fourth-order valence-electron chi connectivity index (χ4n) is 1.00. The normalized spacial score (nSPS) is 13.0. The van der Waals surface area contributed by atoms with E-state index in [4.69, 9.17) is 0 Å². The third kappa shape index (κ3) is 2.64. The van der Waals surface area contributed by atoms with Crippen LogP contribution < -0.4 is 5.46 Å². The summed E-state index contributed by atoms with van der Waals surface area (Å²) in [6.45, 7) is -5.71.